The number of rotatable bonds is 10. The molecule has 0 saturated carbocycles. The second-order valence-electron chi connectivity index (χ2n) is 5.78. The average molecular weight is 380 g/mol. The molecule has 3 unspecified atom stereocenters. The molecule has 0 heterocycles. The first-order valence-electron chi connectivity index (χ1n) is 8.31. The molecule has 0 spiro atoms. The summed E-state index contributed by atoms with van der Waals surface area (Å²) in [5.74, 6) is 0.464. The summed E-state index contributed by atoms with van der Waals surface area (Å²) in [7, 11) is 1.68. The predicted molar refractivity (Wildman–Crippen MR) is 92.3 cm³/mol. The van der Waals surface area contributed by atoms with E-state index in [2.05, 4.69) is 17.2 Å². The molecule has 0 saturated heterocycles. The van der Waals surface area contributed by atoms with Crippen molar-refractivity contribution >= 4 is 0 Å². The summed E-state index contributed by atoms with van der Waals surface area (Å²) in [6.45, 7) is 4.56. The zero-order valence-corrected chi connectivity index (χ0v) is 14.9. The number of ether oxygens (including phenoxy) is 1. The zero-order valence-electron chi connectivity index (χ0n) is 14.9. The molecule has 148 valence electrons. The first kappa shape index (κ1) is 22.4. The normalized spacial score (nSPS) is 22.1. The van der Waals surface area contributed by atoms with E-state index in [1.165, 1.54) is 12.2 Å². The fraction of sp³-hybridized carbons (Fsp3) is 0.556. The molecule has 0 radical (unpaired) electrons. The molecule has 3 atom stereocenters. The average Bonchev–Trinajstić information content (AvgIpc) is 2.55. The Morgan fingerprint density at radius 3 is 2.65 bits per heavy atom. The molecule has 0 aliphatic heterocycles. The molecule has 26 heavy (non-hydrogen) atoms. The van der Waals surface area contributed by atoms with Gasteiger partial charge in [0, 0.05) is 6.54 Å². The lowest BCUT2D eigenvalue weighted by Crippen LogP contribution is -2.33. The van der Waals surface area contributed by atoms with Gasteiger partial charge in [0.05, 0.1) is 19.2 Å². The highest BCUT2D eigenvalue weighted by molar-refractivity contribution is 5.42. The summed E-state index contributed by atoms with van der Waals surface area (Å²) >= 11 is 0. The molecule has 0 aromatic heterocycles. The van der Waals surface area contributed by atoms with Crippen LogP contribution < -0.4 is 10.6 Å². The number of hydrogen-bond acceptors (Lipinski definition) is 3. The smallest absolute Gasteiger partial charge is 0.401 e. The number of likely N-dealkylation sites (N-methyl/N-ethyl adjacent to an activating group) is 1. The van der Waals surface area contributed by atoms with Gasteiger partial charge >= 0.3 is 6.18 Å². The zero-order chi connectivity index (χ0) is 19.7. The van der Waals surface area contributed by atoms with E-state index in [9.17, 15) is 22.0 Å². The Bertz CT molecular complexity index is 554. The SMILES string of the molecule is C=C(OCC)C(C/C=C(\CNCC(F)(F)F)C1=CC=CC(F)C1F)NC. The van der Waals surface area contributed by atoms with Crippen molar-refractivity contribution in [2.45, 2.75) is 37.9 Å². The Morgan fingerprint density at radius 2 is 2.08 bits per heavy atom. The molecule has 1 rings (SSSR count). The highest BCUT2D eigenvalue weighted by atomic mass is 19.4. The number of allylic oxidation sites excluding steroid dienone is 3. The minimum Gasteiger partial charge on any atom is -0.497 e. The topological polar surface area (TPSA) is 33.3 Å². The van der Waals surface area contributed by atoms with Crippen molar-refractivity contribution < 1.29 is 26.7 Å². The van der Waals surface area contributed by atoms with Crippen LogP contribution in [0.3, 0.4) is 0 Å². The van der Waals surface area contributed by atoms with Gasteiger partial charge in [-0.1, -0.05) is 24.8 Å². The van der Waals surface area contributed by atoms with Crippen molar-refractivity contribution in [2.24, 2.45) is 0 Å². The van der Waals surface area contributed by atoms with Gasteiger partial charge in [-0.05, 0) is 37.6 Å². The van der Waals surface area contributed by atoms with Crippen LogP contribution in [0.25, 0.3) is 0 Å². The molecule has 0 bridgehead atoms. The molecule has 1 aliphatic carbocycles. The minimum atomic E-state index is -4.39. The second kappa shape index (κ2) is 10.5. The van der Waals surface area contributed by atoms with E-state index in [0.717, 1.165) is 6.08 Å². The van der Waals surface area contributed by atoms with Crippen LogP contribution >= 0.6 is 0 Å². The standard InChI is InChI=1S/C18H25F5N2O/c1-4-26-12(2)16(24-3)9-8-13(10-25-11-18(21,22)23)14-6-5-7-15(19)17(14)20/h5-8,15-17,24-25H,2,4,9-11H2,1,3H3/b13-8+. The predicted octanol–water partition coefficient (Wildman–Crippen LogP) is 3.77. The van der Waals surface area contributed by atoms with Crippen LogP contribution in [-0.2, 0) is 4.74 Å². The maximum Gasteiger partial charge on any atom is 0.401 e. The fourth-order valence-electron chi connectivity index (χ4n) is 2.50. The monoisotopic (exact) mass is 380 g/mol. The molecule has 1 aliphatic rings. The second-order valence-corrected chi connectivity index (χ2v) is 5.78. The first-order valence-corrected chi connectivity index (χ1v) is 8.31. The van der Waals surface area contributed by atoms with Crippen molar-refractivity contribution in [3.05, 3.63) is 47.8 Å². The molecular formula is C18H25F5N2O. The summed E-state index contributed by atoms with van der Waals surface area (Å²) in [6.07, 6.45) is -2.41. The lowest BCUT2D eigenvalue weighted by atomic mass is 9.93. The lowest BCUT2D eigenvalue weighted by Gasteiger charge is -2.23. The molecule has 2 N–H and O–H groups in total. The largest absolute Gasteiger partial charge is 0.497 e. The molecule has 3 nitrogen and oxygen atoms in total. The fourth-order valence-corrected chi connectivity index (χ4v) is 2.50. The van der Waals surface area contributed by atoms with Gasteiger partial charge in [-0.15, -0.1) is 0 Å². The van der Waals surface area contributed by atoms with Gasteiger partial charge in [0.2, 0.25) is 0 Å². The van der Waals surface area contributed by atoms with Gasteiger partial charge in [0.25, 0.3) is 0 Å². The summed E-state index contributed by atoms with van der Waals surface area (Å²) in [5, 5.41) is 5.21. The van der Waals surface area contributed by atoms with Crippen molar-refractivity contribution in [2.75, 3.05) is 26.7 Å². The van der Waals surface area contributed by atoms with Gasteiger partial charge in [-0.3, -0.25) is 0 Å². The lowest BCUT2D eigenvalue weighted by molar-refractivity contribution is -0.124. The number of halogens is 5. The van der Waals surface area contributed by atoms with E-state index in [-0.39, 0.29) is 23.7 Å². The van der Waals surface area contributed by atoms with Crippen LogP contribution in [0, 0.1) is 0 Å². The van der Waals surface area contributed by atoms with Gasteiger partial charge in [0.15, 0.2) is 12.3 Å². The van der Waals surface area contributed by atoms with Crippen LogP contribution in [-0.4, -0.2) is 51.3 Å². The van der Waals surface area contributed by atoms with Crippen LogP contribution in [0.15, 0.2) is 47.8 Å². The van der Waals surface area contributed by atoms with Crippen LogP contribution in [0.1, 0.15) is 13.3 Å². The quantitative estimate of drug-likeness (QED) is 0.447. The molecule has 0 fully saturated rings. The van der Waals surface area contributed by atoms with Crippen molar-refractivity contribution in [3.63, 3.8) is 0 Å². The number of alkyl halides is 5. The maximum absolute atomic E-state index is 14.2. The summed E-state index contributed by atoms with van der Waals surface area (Å²) in [6, 6.07) is -0.300. The van der Waals surface area contributed by atoms with E-state index in [1.807, 2.05) is 0 Å². The van der Waals surface area contributed by atoms with Gasteiger partial charge in [-0.25, -0.2) is 8.78 Å². The Balaban J connectivity index is 2.93. The Hall–Kier alpha value is -1.67. The van der Waals surface area contributed by atoms with Crippen molar-refractivity contribution in [1.29, 1.82) is 0 Å². The van der Waals surface area contributed by atoms with E-state index < -0.39 is 25.1 Å². The van der Waals surface area contributed by atoms with Gasteiger partial charge in [0.1, 0.15) is 5.76 Å². The highest BCUT2D eigenvalue weighted by Gasteiger charge is 2.29. The van der Waals surface area contributed by atoms with E-state index in [1.54, 1.807) is 20.0 Å². The summed E-state index contributed by atoms with van der Waals surface area (Å²) < 4.78 is 70.2. The molecule has 0 aromatic rings. The number of hydrogen-bond donors (Lipinski definition) is 2. The van der Waals surface area contributed by atoms with Crippen LogP contribution in [0.5, 0.6) is 0 Å². The van der Waals surface area contributed by atoms with Gasteiger partial charge < -0.3 is 15.4 Å². The molecule has 8 heteroatoms. The first-order chi connectivity index (χ1) is 12.2. The van der Waals surface area contributed by atoms with Crippen LogP contribution in [0.2, 0.25) is 0 Å². The Labute approximate surface area is 150 Å². The van der Waals surface area contributed by atoms with Crippen LogP contribution in [0.4, 0.5) is 22.0 Å². The Kier molecular flexibility index (Phi) is 9.01. The summed E-state index contributed by atoms with van der Waals surface area (Å²) in [4.78, 5) is 0. The maximum atomic E-state index is 14.2. The third-order valence-corrected chi connectivity index (χ3v) is 3.83. The van der Waals surface area contributed by atoms with E-state index >= 15 is 0 Å². The molecular weight excluding hydrogens is 355 g/mol. The summed E-state index contributed by atoms with van der Waals surface area (Å²) in [5.41, 5.74) is 0.310. The van der Waals surface area contributed by atoms with E-state index in [0.29, 0.717) is 18.8 Å². The molecule has 0 amide bonds. The Morgan fingerprint density at radius 1 is 1.38 bits per heavy atom. The minimum absolute atomic E-state index is 0.0338. The third kappa shape index (κ3) is 7.29. The van der Waals surface area contributed by atoms with Gasteiger partial charge in [-0.2, -0.15) is 13.2 Å². The van der Waals surface area contributed by atoms with Crippen molar-refractivity contribution in [1.82, 2.24) is 10.6 Å². The highest BCUT2D eigenvalue weighted by Crippen LogP contribution is 2.27. The molecule has 0 aromatic carbocycles. The van der Waals surface area contributed by atoms with E-state index in [4.69, 9.17) is 4.74 Å². The number of nitrogens with one attached hydrogen (secondary N) is 2. The van der Waals surface area contributed by atoms with Crippen molar-refractivity contribution in [3.8, 4) is 0 Å². The third-order valence-electron chi connectivity index (χ3n) is 3.83.